The Hall–Kier alpha value is -2.42. The Morgan fingerprint density at radius 1 is 1.23 bits per heavy atom. The summed E-state index contributed by atoms with van der Waals surface area (Å²) in [6.07, 6.45) is 0. The smallest absolute Gasteiger partial charge is 0.234 e. The zero-order chi connectivity index (χ0) is 22.7. The Kier molecular flexibility index (Phi) is 7.35. The lowest BCUT2D eigenvalue weighted by atomic mass is 10.1. The number of rotatable bonds is 7. The molecule has 0 aliphatic heterocycles. The number of carbonyl (C=O) groups is 1. The fourth-order valence-electron chi connectivity index (χ4n) is 3.09. The molecule has 1 amide bonds. The molecule has 0 aliphatic carbocycles. The topological polar surface area (TPSA) is 63.1 Å². The van der Waals surface area contributed by atoms with Crippen LogP contribution < -0.4 is 5.32 Å². The molecular formula is C22H25ClFN5OS. The van der Waals surface area contributed by atoms with E-state index in [0.29, 0.717) is 21.7 Å². The van der Waals surface area contributed by atoms with Gasteiger partial charge in [-0.3, -0.25) is 14.3 Å². The van der Waals surface area contributed by atoms with Gasteiger partial charge in [0.25, 0.3) is 0 Å². The van der Waals surface area contributed by atoms with Gasteiger partial charge in [0.1, 0.15) is 5.82 Å². The van der Waals surface area contributed by atoms with Gasteiger partial charge in [0.15, 0.2) is 11.0 Å². The van der Waals surface area contributed by atoms with Crippen molar-refractivity contribution in [1.29, 1.82) is 0 Å². The summed E-state index contributed by atoms with van der Waals surface area (Å²) in [6.45, 7) is 5.87. The van der Waals surface area contributed by atoms with Crippen molar-refractivity contribution in [2.24, 2.45) is 0 Å². The molecule has 0 aliphatic rings. The van der Waals surface area contributed by atoms with Gasteiger partial charge < -0.3 is 5.32 Å². The molecule has 2 aromatic carbocycles. The standard InChI is InChI=1S/C22H25ClFN5OS/c1-13-10-14(2)20(18(23)11-13)25-19(30)12-31-22-27-26-21(15(3)28(4)5)29(22)17-8-6-16(24)7-9-17/h6-11,15H,12H2,1-5H3,(H,25,30). The maximum Gasteiger partial charge on any atom is 0.234 e. The van der Waals surface area contributed by atoms with E-state index in [1.165, 1.54) is 23.9 Å². The molecule has 0 fully saturated rings. The molecule has 1 atom stereocenters. The van der Waals surface area contributed by atoms with E-state index in [1.54, 1.807) is 12.1 Å². The van der Waals surface area contributed by atoms with Crippen LogP contribution in [0.25, 0.3) is 5.69 Å². The third-order valence-electron chi connectivity index (χ3n) is 4.92. The molecule has 3 aromatic rings. The molecule has 0 saturated carbocycles. The second-order valence-electron chi connectivity index (χ2n) is 7.57. The first-order chi connectivity index (χ1) is 14.7. The van der Waals surface area contributed by atoms with Crippen molar-refractivity contribution in [2.75, 3.05) is 25.2 Å². The largest absolute Gasteiger partial charge is 0.324 e. The Morgan fingerprint density at radius 2 is 1.90 bits per heavy atom. The summed E-state index contributed by atoms with van der Waals surface area (Å²) in [5.41, 5.74) is 3.28. The number of halogens is 2. The number of anilines is 1. The summed E-state index contributed by atoms with van der Waals surface area (Å²) in [6, 6.07) is 9.88. The molecule has 1 unspecified atom stereocenters. The van der Waals surface area contributed by atoms with E-state index in [9.17, 15) is 9.18 Å². The van der Waals surface area contributed by atoms with E-state index < -0.39 is 0 Å². The van der Waals surface area contributed by atoms with E-state index in [-0.39, 0.29) is 23.5 Å². The monoisotopic (exact) mass is 461 g/mol. The summed E-state index contributed by atoms with van der Waals surface area (Å²) in [5.74, 6) is 0.309. The number of aryl methyl sites for hydroxylation is 2. The predicted molar refractivity (Wildman–Crippen MR) is 124 cm³/mol. The van der Waals surface area contributed by atoms with Crippen molar-refractivity contribution < 1.29 is 9.18 Å². The fraction of sp³-hybridized carbons (Fsp3) is 0.318. The third kappa shape index (κ3) is 5.44. The molecule has 3 rings (SSSR count). The highest BCUT2D eigenvalue weighted by Crippen LogP contribution is 2.29. The summed E-state index contributed by atoms with van der Waals surface area (Å²) in [4.78, 5) is 14.6. The Bertz CT molecular complexity index is 1060. The van der Waals surface area contributed by atoms with Gasteiger partial charge in [0.2, 0.25) is 5.91 Å². The molecule has 1 N–H and O–H groups in total. The SMILES string of the molecule is Cc1cc(C)c(NC(=O)CSc2nnc(C(C)N(C)C)n2-c2ccc(F)cc2)c(Cl)c1. The molecule has 9 heteroatoms. The lowest BCUT2D eigenvalue weighted by molar-refractivity contribution is -0.113. The number of nitrogens with one attached hydrogen (secondary N) is 1. The van der Waals surface area contributed by atoms with E-state index >= 15 is 0 Å². The van der Waals surface area contributed by atoms with Crippen LogP contribution in [-0.4, -0.2) is 45.4 Å². The first-order valence-corrected chi connectivity index (χ1v) is 11.1. The van der Waals surface area contributed by atoms with Crippen molar-refractivity contribution >= 4 is 35.0 Å². The first kappa shape index (κ1) is 23.2. The molecule has 0 spiro atoms. The number of hydrogen-bond acceptors (Lipinski definition) is 5. The highest BCUT2D eigenvalue weighted by atomic mass is 35.5. The number of hydrogen-bond donors (Lipinski definition) is 1. The molecular weight excluding hydrogens is 437 g/mol. The van der Waals surface area contributed by atoms with Crippen LogP contribution >= 0.6 is 23.4 Å². The molecule has 0 radical (unpaired) electrons. The maximum atomic E-state index is 13.4. The Balaban J connectivity index is 1.83. The van der Waals surface area contributed by atoms with Crippen molar-refractivity contribution in [2.45, 2.75) is 32.0 Å². The molecule has 31 heavy (non-hydrogen) atoms. The van der Waals surface area contributed by atoms with Crippen LogP contribution in [0.1, 0.15) is 29.9 Å². The maximum absolute atomic E-state index is 13.4. The highest BCUT2D eigenvalue weighted by molar-refractivity contribution is 7.99. The number of thioether (sulfide) groups is 1. The molecule has 6 nitrogen and oxygen atoms in total. The van der Waals surface area contributed by atoms with E-state index in [1.807, 2.05) is 56.5 Å². The number of benzene rings is 2. The van der Waals surface area contributed by atoms with Crippen LogP contribution in [0, 0.1) is 19.7 Å². The van der Waals surface area contributed by atoms with Crippen LogP contribution in [-0.2, 0) is 4.79 Å². The minimum Gasteiger partial charge on any atom is -0.324 e. The minimum absolute atomic E-state index is 0.0326. The van der Waals surface area contributed by atoms with E-state index in [2.05, 4.69) is 15.5 Å². The van der Waals surface area contributed by atoms with Gasteiger partial charge in [-0.2, -0.15) is 0 Å². The minimum atomic E-state index is -0.321. The molecule has 0 bridgehead atoms. The number of carbonyl (C=O) groups excluding carboxylic acids is 1. The first-order valence-electron chi connectivity index (χ1n) is 9.74. The lowest BCUT2D eigenvalue weighted by Crippen LogP contribution is -2.21. The second kappa shape index (κ2) is 9.80. The summed E-state index contributed by atoms with van der Waals surface area (Å²) in [5, 5.41) is 12.6. The van der Waals surface area contributed by atoms with Gasteiger partial charge in [-0.25, -0.2) is 4.39 Å². The van der Waals surface area contributed by atoms with Crippen molar-refractivity contribution in [3.05, 3.63) is 64.2 Å². The molecule has 1 heterocycles. The Labute approximate surface area is 190 Å². The predicted octanol–water partition coefficient (Wildman–Crippen LogP) is 5.03. The van der Waals surface area contributed by atoms with E-state index in [0.717, 1.165) is 16.8 Å². The highest BCUT2D eigenvalue weighted by Gasteiger charge is 2.22. The van der Waals surface area contributed by atoms with Gasteiger partial charge in [-0.05, 0) is 76.3 Å². The summed E-state index contributed by atoms with van der Waals surface area (Å²) in [7, 11) is 3.89. The Morgan fingerprint density at radius 3 is 2.52 bits per heavy atom. The average Bonchev–Trinajstić information content (AvgIpc) is 3.12. The van der Waals surface area contributed by atoms with Gasteiger partial charge in [-0.15, -0.1) is 10.2 Å². The van der Waals surface area contributed by atoms with Crippen LogP contribution in [0.4, 0.5) is 10.1 Å². The number of nitrogens with zero attached hydrogens (tertiary/aromatic N) is 4. The van der Waals surface area contributed by atoms with E-state index in [4.69, 9.17) is 11.6 Å². The van der Waals surface area contributed by atoms with Gasteiger partial charge in [-0.1, -0.05) is 29.4 Å². The zero-order valence-electron chi connectivity index (χ0n) is 18.1. The normalized spacial score (nSPS) is 12.3. The van der Waals surface area contributed by atoms with Crippen molar-refractivity contribution in [3.63, 3.8) is 0 Å². The fourth-order valence-corrected chi connectivity index (χ4v) is 4.22. The van der Waals surface area contributed by atoms with Crippen LogP contribution in [0.3, 0.4) is 0 Å². The number of aromatic nitrogens is 3. The van der Waals surface area contributed by atoms with Crippen molar-refractivity contribution in [3.8, 4) is 5.69 Å². The molecule has 0 saturated heterocycles. The van der Waals surface area contributed by atoms with Crippen LogP contribution in [0.15, 0.2) is 41.6 Å². The van der Waals surface area contributed by atoms with Gasteiger partial charge >= 0.3 is 0 Å². The zero-order valence-corrected chi connectivity index (χ0v) is 19.7. The summed E-state index contributed by atoms with van der Waals surface area (Å²) >= 11 is 7.56. The van der Waals surface area contributed by atoms with Gasteiger partial charge in [0, 0.05) is 5.69 Å². The molecule has 1 aromatic heterocycles. The second-order valence-corrected chi connectivity index (χ2v) is 8.92. The summed E-state index contributed by atoms with van der Waals surface area (Å²) < 4.78 is 15.3. The average molecular weight is 462 g/mol. The third-order valence-corrected chi connectivity index (χ3v) is 6.15. The molecule has 164 valence electrons. The quantitative estimate of drug-likeness (QED) is 0.500. The van der Waals surface area contributed by atoms with Crippen LogP contribution in [0.5, 0.6) is 0 Å². The number of amides is 1. The van der Waals surface area contributed by atoms with Crippen LogP contribution in [0.2, 0.25) is 5.02 Å². The van der Waals surface area contributed by atoms with Gasteiger partial charge in [0.05, 0.1) is 22.5 Å². The van der Waals surface area contributed by atoms with Crippen molar-refractivity contribution in [1.82, 2.24) is 19.7 Å². The lowest BCUT2D eigenvalue weighted by Gasteiger charge is -2.20.